The Kier molecular flexibility index (Phi) is 3.41. The van der Waals surface area contributed by atoms with E-state index >= 15 is 0 Å². The van der Waals surface area contributed by atoms with Gasteiger partial charge in [0.15, 0.2) is 0 Å². The highest BCUT2D eigenvalue weighted by molar-refractivity contribution is 6.17. The molecule has 5 heteroatoms. The van der Waals surface area contributed by atoms with E-state index in [1.54, 1.807) is 7.11 Å². The lowest BCUT2D eigenvalue weighted by atomic mass is 10.2. The highest BCUT2D eigenvalue weighted by Gasteiger charge is 2.07. The number of hydrogen-bond acceptors (Lipinski definition) is 4. The fraction of sp³-hybridized carbons (Fsp3) is 0.273. The molecule has 4 nitrogen and oxygen atoms in total. The Morgan fingerprint density at radius 3 is 2.62 bits per heavy atom. The second-order valence-electron chi connectivity index (χ2n) is 3.17. The number of aryl methyl sites for hydroxylation is 1. The van der Waals surface area contributed by atoms with E-state index in [0.717, 1.165) is 11.3 Å². The van der Waals surface area contributed by atoms with Crippen LogP contribution in [-0.2, 0) is 6.42 Å². The zero-order valence-corrected chi connectivity index (χ0v) is 9.57. The van der Waals surface area contributed by atoms with Gasteiger partial charge in [-0.05, 0) is 24.3 Å². The van der Waals surface area contributed by atoms with Crippen molar-refractivity contribution < 1.29 is 9.15 Å². The van der Waals surface area contributed by atoms with Crippen molar-refractivity contribution in [2.75, 3.05) is 13.0 Å². The van der Waals surface area contributed by atoms with Crippen LogP contribution in [0.5, 0.6) is 5.75 Å². The number of benzene rings is 1. The van der Waals surface area contributed by atoms with E-state index < -0.39 is 0 Å². The van der Waals surface area contributed by atoms with E-state index in [1.807, 2.05) is 24.3 Å². The number of methoxy groups -OCH3 is 1. The maximum absolute atomic E-state index is 5.59. The smallest absolute Gasteiger partial charge is 0.247 e. The van der Waals surface area contributed by atoms with Gasteiger partial charge in [-0.1, -0.05) is 0 Å². The van der Waals surface area contributed by atoms with Gasteiger partial charge in [-0.25, -0.2) is 0 Å². The van der Waals surface area contributed by atoms with Gasteiger partial charge in [0.25, 0.3) is 0 Å². The molecule has 1 aromatic heterocycles. The molecule has 0 unspecified atom stereocenters. The molecular weight excluding hydrogens is 228 g/mol. The first kappa shape index (κ1) is 11.0. The van der Waals surface area contributed by atoms with Crippen LogP contribution in [-0.4, -0.2) is 23.2 Å². The minimum atomic E-state index is 0.476. The van der Waals surface area contributed by atoms with Gasteiger partial charge < -0.3 is 9.15 Å². The van der Waals surface area contributed by atoms with Gasteiger partial charge >= 0.3 is 0 Å². The predicted molar refractivity (Wildman–Crippen MR) is 60.7 cm³/mol. The van der Waals surface area contributed by atoms with E-state index in [1.165, 1.54) is 0 Å². The molecule has 0 fully saturated rings. The summed E-state index contributed by atoms with van der Waals surface area (Å²) in [6.45, 7) is 0. The van der Waals surface area contributed by atoms with Crippen molar-refractivity contribution in [3.63, 3.8) is 0 Å². The summed E-state index contributed by atoms with van der Waals surface area (Å²) in [5.74, 6) is 2.33. The normalized spacial score (nSPS) is 10.4. The van der Waals surface area contributed by atoms with Crippen molar-refractivity contribution >= 4 is 11.6 Å². The van der Waals surface area contributed by atoms with Gasteiger partial charge in [0.05, 0.1) is 7.11 Å². The quantitative estimate of drug-likeness (QED) is 0.768. The Labute approximate surface area is 98.2 Å². The number of ether oxygens (including phenoxy) is 1. The Bertz CT molecular complexity index is 453. The zero-order valence-electron chi connectivity index (χ0n) is 8.81. The molecular formula is C11H11ClN2O2. The second kappa shape index (κ2) is 4.99. The van der Waals surface area contributed by atoms with Crippen molar-refractivity contribution in [1.82, 2.24) is 10.2 Å². The standard InChI is InChI=1S/C11H11ClN2O2/c1-15-9-4-2-8(3-5-9)11-14-13-10(16-11)6-7-12/h2-5H,6-7H2,1H3. The summed E-state index contributed by atoms with van der Waals surface area (Å²) < 4.78 is 10.5. The molecule has 0 atom stereocenters. The topological polar surface area (TPSA) is 48.2 Å². The molecule has 84 valence electrons. The van der Waals surface area contributed by atoms with Crippen molar-refractivity contribution in [1.29, 1.82) is 0 Å². The Morgan fingerprint density at radius 2 is 2.00 bits per heavy atom. The summed E-state index contributed by atoms with van der Waals surface area (Å²) >= 11 is 5.59. The van der Waals surface area contributed by atoms with Gasteiger partial charge in [-0.15, -0.1) is 21.8 Å². The summed E-state index contributed by atoms with van der Waals surface area (Å²) in [5.41, 5.74) is 0.870. The lowest BCUT2D eigenvalue weighted by Crippen LogP contribution is -1.84. The van der Waals surface area contributed by atoms with Gasteiger partial charge in [-0.3, -0.25) is 0 Å². The first-order valence-electron chi connectivity index (χ1n) is 4.86. The Hall–Kier alpha value is -1.55. The van der Waals surface area contributed by atoms with E-state index in [0.29, 0.717) is 24.1 Å². The zero-order chi connectivity index (χ0) is 11.4. The number of alkyl halides is 1. The van der Waals surface area contributed by atoms with Crippen LogP contribution in [0.1, 0.15) is 5.89 Å². The van der Waals surface area contributed by atoms with Crippen LogP contribution in [0, 0.1) is 0 Å². The highest BCUT2D eigenvalue weighted by Crippen LogP contribution is 2.21. The van der Waals surface area contributed by atoms with Crippen molar-refractivity contribution in [3.8, 4) is 17.2 Å². The van der Waals surface area contributed by atoms with Crippen LogP contribution in [0.3, 0.4) is 0 Å². The fourth-order valence-electron chi connectivity index (χ4n) is 1.29. The van der Waals surface area contributed by atoms with Crippen LogP contribution in [0.2, 0.25) is 0 Å². The van der Waals surface area contributed by atoms with E-state index in [9.17, 15) is 0 Å². The average Bonchev–Trinajstić information content (AvgIpc) is 2.78. The molecule has 0 bridgehead atoms. The summed E-state index contributed by atoms with van der Waals surface area (Å²) in [6.07, 6.45) is 0.588. The SMILES string of the molecule is COc1ccc(-c2nnc(CCCl)o2)cc1. The van der Waals surface area contributed by atoms with Gasteiger partial charge in [0.2, 0.25) is 11.8 Å². The van der Waals surface area contributed by atoms with Crippen LogP contribution in [0.4, 0.5) is 0 Å². The lowest BCUT2D eigenvalue weighted by Gasteiger charge is -1.99. The largest absolute Gasteiger partial charge is 0.497 e. The number of aromatic nitrogens is 2. The molecule has 0 radical (unpaired) electrons. The number of hydrogen-bond donors (Lipinski definition) is 0. The average molecular weight is 239 g/mol. The van der Waals surface area contributed by atoms with E-state index in [4.69, 9.17) is 20.8 Å². The molecule has 1 heterocycles. The maximum Gasteiger partial charge on any atom is 0.247 e. The van der Waals surface area contributed by atoms with Crippen molar-refractivity contribution in [3.05, 3.63) is 30.2 Å². The van der Waals surface area contributed by atoms with Gasteiger partial charge in [0, 0.05) is 17.9 Å². The monoisotopic (exact) mass is 238 g/mol. The molecule has 0 saturated carbocycles. The molecule has 0 saturated heterocycles. The van der Waals surface area contributed by atoms with Gasteiger partial charge in [-0.2, -0.15) is 0 Å². The third-order valence-corrected chi connectivity index (χ3v) is 2.30. The highest BCUT2D eigenvalue weighted by atomic mass is 35.5. The number of rotatable bonds is 4. The molecule has 0 aliphatic carbocycles. The van der Waals surface area contributed by atoms with E-state index in [-0.39, 0.29) is 0 Å². The van der Waals surface area contributed by atoms with E-state index in [2.05, 4.69) is 10.2 Å². The molecule has 0 amide bonds. The lowest BCUT2D eigenvalue weighted by molar-refractivity contribution is 0.415. The molecule has 0 N–H and O–H groups in total. The fourth-order valence-corrected chi connectivity index (χ4v) is 1.45. The minimum Gasteiger partial charge on any atom is -0.497 e. The molecule has 2 aromatic rings. The Balaban J connectivity index is 2.21. The third kappa shape index (κ3) is 2.33. The number of nitrogens with zero attached hydrogens (tertiary/aromatic N) is 2. The molecule has 0 spiro atoms. The summed E-state index contributed by atoms with van der Waals surface area (Å²) in [6, 6.07) is 7.44. The maximum atomic E-state index is 5.59. The summed E-state index contributed by atoms with van der Waals surface area (Å²) in [7, 11) is 1.63. The first-order valence-corrected chi connectivity index (χ1v) is 5.39. The minimum absolute atomic E-state index is 0.476. The molecule has 0 aliphatic heterocycles. The molecule has 1 aromatic carbocycles. The summed E-state index contributed by atoms with van der Waals surface area (Å²) in [5, 5.41) is 7.84. The van der Waals surface area contributed by atoms with Gasteiger partial charge in [0.1, 0.15) is 5.75 Å². The summed E-state index contributed by atoms with van der Waals surface area (Å²) in [4.78, 5) is 0. The number of halogens is 1. The molecule has 16 heavy (non-hydrogen) atoms. The molecule has 2 rings (SSSR count). The van der Waals surface area contributed by atoms with Crippen molar-refractivity contribution in [2.45, 2.75) is 6.42 Å². The van der Waals surface area contributed by atoms with Crippen LogP contribution >= 0.6 is 11.6 Å². The van der Waals surface area contributed by atoms with Crippen LogP contribution in [0.25, 0.3) is 11.5 Å². The first-order chi connectivity index (χ1) is 7.83. The Morgan fingerprint density at radius 1 is 1.25 bits per heavy atom. The second-order valence-corrected chi connectivity index (χ2v) is 3.55. The third-order valence-electron chi connectivity index (χ3n) is 2.11. The molecule has 0 aliphatic rings. The van der Waals surface area contributed by atoms with Crippen molar-refractivity contribution in [2.24, 2.45) is 0 Å². The predicted octanol–water partition coefficient (Wildman–Crippen LogP) is 2.53. The van der Waals surface area contributed by atoms with Crippen LogP contribution in [0.15, 0.2) is 28.7 Å². The van der Waals surface area contributed by atoms with Crippen LogP contribution < -0.4 is 4.74 Å².